The van der Waals surface area contributed by atoms with E-state index in [1.165, 1.54) is 36.0 Å². The Morgan fingerprint density at radius 1 is 1.19 bits per heavy atom. The van der Waals surface area contributed by atoms with E-state index in [-0.39, 0.29) is 6.04 Å². The van der Waals surface area contributed by atoms with Crippen molar-refractivity contribution in [2.75, 3.05) is 0 Å². The Morgan fingerprint density at radius 2 is 2.06 bits per heavy atom. The molecule has 1 aliphatic carbocycles. The van der Waals surface area contributed by atoms with Crippen LogP contribution in [0.3, 0.4) is 0 Å². The van der Waals surface area contributed by atoms with Crippen LogP contribution in [0.1, 0.15) is 34.7 Å². The fourth-order valence-corrected chi connectivity index (χ4v) is 2.41. The van der Waals surface area contributed by atoms with Gasteiger partial charge in [0.05, 0.1) is 12.2 Å². The fourth-order valence-electron chi connectivity index (χ4n) is 2.41. The Morgan fingerprint density at radius 3 is 2.88 bits per heavy atom. The number of fused-ring (bicyclic) bond motifs is 1. The first kappa shape index (κ1) is 9.60. The molecule has 0 fully saturated rings. The molecule has 2 aromatic rings. The third kappa shape index (κ3) is 1.53. The zero-order valence-corrected chi connectivity index (χ0v) is 9.11. The minimum absolute atomic E-state index is 0.0651. The Labute approximate surface area is 94.7 Å². The molecule has 3 nitrogen and oxygen atoms in total. The van der Waals surface area contributed by atoms with Gasteiger partial charge in [0.2, 0.25) is 0 Å². The van der Waals surface area contributed by atoms with Crippen LogP contribution in [0, 0.1) is 0 Å². The number of benzene rings is 1. The molecule has 0 saturated carbocycles. The van der Waals surface area contributed by atoms with E-state index in [1.54, 1.807) is 6.20 Å². The molecule has 1 atom stereocenters. The van der Waals surface area contributed by atoms with E-state index in [2.05, 4.69) is 28.4 Å². The van der Waals surface area contributed by atoms with Gasteiger partial charge in [-0.15, -0.1) is 0 Å². The number of H-pyrrole nitrogens is 1. The number of nitrogens with zero attached hydrogens (tertiary/aromatic N) is 1. The van der Waals surface area contributed by atoms with Gasteiger partial charge in [-0.05, 0) is 36.0 Å². The quantitative estimate of drug-likeness (QED) is 0.801. The van der Waals surface area contributed by atoms with E-state index in [1.807, 2.05) is 6.20 Å². The molecule has 0 spiro atoms. The number of nitrogens with one attached hydrogen (secondary N) is 1. The maximum Gasteiger partial charge on any atom is 0.0582 e. The lowest BCUT2D eigenvalue weighted by Crippen LogP contribution is -2.11. The summed E-state index contributed by atoms with van der Waals surface area (Å²) in [6.07, 6.45) is 7.34. The SMILES string of the molecule is NC(c1cn[nH]c1)c1ccc2c(c1)CCC2. The highest BCUT2D eigenvalue weighted by molar-refractivity contribution is 5.39. The topological polar surface area (TPSA) is 54.7 Å². The van der Waals surface area contributed by atoms with Crippen molar-refractivity contribution >= 4 is 0 Å². The van der Waals surface area contributed by atoms with E-state index in [4.69, 9.17) is 5.73 Å². The summed E-state index contributed by atoms with van der Waals surface area (Å²) in [5.74, 6) is 0. The minimum atomic E-state index is -0.0651. The molecule has 1 aromatic carbocycles. The third-order valence-corrected chi connectivity index (χ3v) is 3.36. The van der Waals surface area contributed by atoms with E-state index >= 15 is 0 Å². The molecule has 1 aliphatic rings. The van der Waals surface area contributed by atoms with Gasteiger partial charge in [0, 0.05) is 11.8 Å². The van der Waals surface area contributed by atoms with Crippen LogP contribution in [0.4, 0.5) is 0 Å². The van der Waals surface area contributed by atoms with Crippen molar-refractivity contribution in [1.29, 1.82) is 0 Å². The normalized spacial score (nSPS) is 16.1. The van der Waals surface area contributed by atoms with Gasteiger partial charge in [-0.1, -0.05) is 18.2 Å². The molecule has 0 saturated heterocycles. The molecule has 3 N–H and O–H groups in total. The zero-order valence-electron chi connectivity index (χ0n) is 9.11. The van der Waals surface area contributed by atoms with Crippen LogP contribution in [-0.4, -0.2) is 10.2 Å². The average molecular weight is 213 g/mol. The van der Waals surface area contributed by atoms with E-state index < -0.39 is 0 Å². The monoisotopic (exact) mass is 213 g/mol. The molecule has 1 heterocycles. The number of rotatable bonds is 2. The number of aryl methyl sites for hydroxylation is 2. The first-order chi connectivity index (χ1) is 7.84. The molecule has 0 aliphatic heterocycles. The number of hydrogen-bond acceptors (Lipinski definition) is 2. The lowest BCUT2D eigenvalue weighted by atomic mass is 9.98. The van der Waals surface area contributed by atoms with Crippen molar-refractivity contribution < 1.29 is 0 Å². The van der Waals surface area contributed by atoms with Gasteiger partial charge in [-0.3, -0.25) is 5.10 Å². The van der Waals surface area contributed by atoms with Crippen LogP contribution in [0.2, 0.25) is 0 Å². The van der Waals surface area contributed by atoms with Crippen LogP contribution >= 0.6 is 0 Å². The first-order valence-corrected chi connectivity index (χ1v) is 5.70. The highest BCUT2D eigenvalue weighted by Crippen LogP contribution is 2.26. The van der Waals surface area contributed by atoms with Gasteiger partial charge in [0.15, 0.2) is 0 Å². The maximum atomic E-state index is 6.19. The van der Waals surface area contributed by atoms with Crippen molar-refractivity contribution in [2.45, 2.75) is 25.3 Å². The number of hydrogen-bond donors (Lipinski definition) is 2. The lowest BCUT2D eigenvalue weighted by Gasteiger charge is -2.11. The summed E-state index contributed by atoms with van der Waals surface area (Å²) >= 11 is 0. The van der Waals surface area contributed by atoms with E-state index in [9.17, 15) is 0 Å². The molecule has 3 heteroatoms. The predicted molar refractivity (Wildman–Crippen MR) is 63.1 cm³/mol. The highest BCUT2D eigenvalue weighted by Gasteiger charge is 2.15. The van der Waals surface area contributed by atoms with Crippen molar-refractivity contribution in [3.63, 3.8) is 0 Å². The van der Waals surface area contributed by atoms with Crippen molar-refractivity contribution in [1.82, 2.24) is 10.2 Å². The molecule has 1 unspecified atom stereocenters. The first-order valence-electron chi connectivity index (χ1n) is 5.70. The van der Waals surface area contributed by atoms with Crippen LogP contribution < -0.4 is 5.73 Å². The summed E-state index contributed by atoms with van der Waals surface area (Å²) in [4.78, 5) is 0. The summed E-state index contributed by atoms with van der Waals surface area (Å²) in [7, 11) is 0. The van der Waals surface area contributed by atoms with Crippen molar-refractivity contribution in [2.24, 2.45) is 5.73 Å². The van der Waals surface area contributed by atoms with Crippen molar-refractivity contribution in [3.05, 3.63) is 52.8 Å². The molecule has 0 amide bonds. The number of aromatic nitrogens is 2. The lowest BCUT2D eigenvalue weighted by molar-refractivity contribution is 0.868. The molecule has 0 radical (unpaired) electrons. The molecule has 16 heavy (non-hydrogen) atoms. The summed E-state index contributed by atoms with van der Waals surface area (Å²) < 4.78 is 0. The maximum absolute atomic E-state index is 6.19. The highest BCUT2D eigenvalue weighted by atomic mass is 15.1. The van der Waals surface area contributed by atoms with Crippen molar-refractivity contribution in [3.8, 4) is 0 Å². The zero-order chi connectivity index (χ0) is 11.0. The number of nitrogens with two attached hydrogens (primary N) is 1. The average Bonchev–Trinajstić information content (AvgIpc) is 2.98. The van der Waals surface area contributed by atoms with Crippen LogP contribution in [0.5, 0.6) is 0 Å². The molecular weight excluding hydrogens is 198 g/mol. The molecule has 1 aromatic heterocycles. The van der Waals surface area contributed by atoms with Crippen LogP contribution in [0.15, 0.2) is 30.6 Å². The fraction of sp³-hybridized carbons (Fsp3) is 0.308. The predicted octanol–water partition coefficient (Wildman–Crippen LogP) is 1.95. The summed E-state index contributed by atoms with van der Waals surface area (Å²) in [5, 5.41) is 6.74. The van der Waals surface area contributed by atoms with Gasteiger partial charge < -0.3 is 5.73 Å². The second-order valence-electron chi connectivity index (χ2n) is 4.39. The molecule has 3 rings (SSSR count). The van der Waals surface area contributed by atoms with E-state index in [0.29, 0.717) is 0 Å². The molecular formula is C13H15N3. The van der Waals surface area contributed by atoms with Crippen LogP contribution in [0.25, 0.3) is 0 Å². The summed E-state index contributed by atoms with van der Waals surface area (Å²) in [5.41, 5.74) is 11.4. The Hall–Kier alpha value is -1.61. The second kappa shape index (κ2) is 3.76. The van der Waals surface area contributed by atoms with Gasteiger partial charge in [-0.2, -0.15) is 5.10 Å². The smallest absolute Gasteiger partial charge is 0.0582 e. The third-order valence-electron chi connectivity index (χ3n) is 3.36. The second-order valence-corrected chi connectivity index (χ2v) is 4.39. The van der Waals surface area contributed by atoms with E-state index in [0.717, 1.165) is 5.56 Å². The number of aromatic amines is 1. The summed E-state index contributed by atoms with van der Waals surface area (Å²) in [6.45, 7) is 0. The Bertz CT molecular complexity index is 488. The van der Waals surface area contributed by atoms with Gasteiger partial charge in [-0.25, -0.2) is 0 Å². The summed E-state index contributed by atoms with van der Waals surface area (Å²) in [6, 6.07) is 6.55. The van der Waals surface area contributed by atoms with Crippen LogP contribution in [-0.2, 0) is 12.8 Å². The molecule has 82 valence electrons. The Balaban J connectivity index is 1.95. The Kier molecular flexibility index (Phi) is 2.26. The van der Waals surface area contributed by atoms with Gasteiger partial charge in [0.25, 0.3) is 0 Å². The van der Waals surface area contributed by atoms with Gasteiger partial charge >= 0.3 is 0 Å². The van der Waals surface area contributed by atoms with Gasteiger partial charge in [0.1, 0.15) is 0 Å². The molecule has 0 bridgehead atoms. The standard InChI is InChI=1S/C13H15N3/c14-13(12-7-15-16-8-12)11-5-4-9-2-1-3-10(9)6-11/h4-8,13H,1-3,14H2,(H,15,16). The largest absolute Gasteiger partial charge is 0.320 e. The minimum Gasteiger partial charge on any atom is -0.320 e.